The Balaban J connectivity index is 1.42. The zero-order chi connectivity index (χ0) is 21.4. The Morgan fingerprint density at radius 1 is 1.03 bits per heavy atom. The highest BCUT2D eigenvalue weighted by atomic mass is 16.4. The Kier molecular flexibility index (Phi) is 4.44. The molecule has 0 saturated carbocycles. The molecule has 0 radical (unpaired) electrons. The van der Waals surface area contributed by atoms with Crippen LogP contribution in [-0.4, -0.2) is 35.8 Å². The van der Waals surface area contributed by atoms with Crippen LogP contribution in [0.15, 0.2) is 73.2 Å². The first kappa shape index (κ1) is 18.6. The number of aromatic nitrogens is 5. The largest absolute Gasteiger partial charge is 0.477 e. The van der Waals surface area contributed by atoms with Crippen LogP contribution in [0.2, 0.25) is 0 Å². The van der Waals surface area contributed by atoms with E-state index in [0.29, 0.717) is 11.6 Å². The molecule has 0 aliphatic rings. The number of nitrogens with zero attached hydrogens (tertiary/aromatic N) is 4. The Morgan fingerprint density at radius 3 is 2.58 bits per heavy atom. The molecule has 0 aliphatic heterocycles. The third-order valence-corrected chi connectivity index (χ3v) is 5.17. The topological polar surface area (TPSA) is 109 Å². The number of fused-ring (bicyclic) bond motifs is 1. The van der Waals surface area contributed by atoms with Crippen molar-refractivity contribution in [3.05, 3.63) is 78.9 Å². The summed E-state index contributed by atoms with van der Waals surface area (Å²) in [5.74, 6) is 0.265. The Hall–Kier alpha value is -4.46. The van der Waals surface area contributed by atoms with Gasteiger partial charge < -0.3 is 15.0 Å². The van der Waals surface area contributed by atoms with Crippen molar-refractivity contribution in [3.8, 4) is 22.5 Å². The van der Waals surface area contributed by atoms with Gasteiger partial charge >= 0.3 is 5.97 Å². The van der Waals surface area contributed by atoms with Crippen molar-refractivity contribution in [2.45, 2.75) is 0 Å². The summed E-state index contributed by atoms with van der Waals surface area (Å²) in [5.41, 5.74) is 4.86. The lowest BCUT2D eigenvalue weighted by Crippen LogP contribution is -2.03. The van der Waals surface area contributed by atoms with Gasteiger partial charge in [0.2, 0.25) is 0 Å². The van der Waals surface area contributed by atoms with Crippen molar-refractivity contribution < 1.29 is 9.90 Å². The van der Waals surface area contributed by atoms with Crippen LogP contribution in [-0.2, 0) is 7.05 Å². The molecular weight excluding hydrogens is 392 g/mol. The predicted octanol–water partition coefficient (Wildman–Crippen LogP) is 4.47. The molecule has 3 aromatic heterocycles. The van der Waals surface area contributed by atoms with Crippen molar-refractivity contribution in [2.24, 2.45) is 7.05 Å². The monoisotopic (exact) mass is 410 g/mol. The second kappa shape index (κ2) is 7.42. The third-order valence-electron chi connectivity index (χ3n) is 5.17. The first-order valence-electron chi connectivity index (χ1n) is 9.61. The highest BCUT2D eigenvalue weighted by Crippen LogP contribution is 2.26. The van der Waals surface area contributed by atoms with Gasteiger partial charge in [0.15, 0.2) is 5.82 Å². The maximum Gasteiger partial charge on any atom is 0.352 e. The van der Waals surface area contributed by atoms with Gasteiger partial charge in [-0.15, -0.1) is 0 Å². The summed E-state index contributed by atoms with van der Waals surface area (Å²) in [5, 5.41) is 20.3. The molecule has 5 aromatic rings. The van der Waals surface area contributed by atoms with Crippen LogP contribution in [0.1, 0.15) is 10.5 Å². The number of carboxylic acid groups (broad SMARTS) is 1. The number of rotatable bonds is 5. The maximum absolute atomic E-state index is 11.4. The van der Waals surface area contributed by atoms with Gasteiger partial charge in [-0.25, -0.2) is 14.8 Å². The van der Waals surface area contributed by atoms with Gasteiger partial charge in [-0.1, -0.05) is 24.3 Å². The van der Waals surface area contributed by atoms with Crippen LogP contribution >= 0.6 is 0 Å². The van der Waals surface area contributed by atoms with Crippen molar-refractivity contribution in [1.82, 2.24) is 24.7 Å². The molecule has 0 saturated heterocycles. The molecule has 0 bridgehead atoms. The van der Waals surface area contributed by atoms with Crippen molar-refractivity contribution in [2.75, 3.05) is 5.32 Å². The van der Waals surface area contributed by atoms with E-state index in [0.717, 1.165) is 33.3 Å². The van der Waals surface area contributed by atoms with E-state index >= 15 is 0 Å². The third kappa shape index (κ3) is 3.51. The summed E-state index contributed by atoms with van der Waals surface area (Å²) >= 11 is 0. The molecule has 0 fully saturated rings. The van der Waals surface area contributed by atoms with E-state index in [1.165, 1.54) is 0 Å². The lowest BCUT2D eigenvalue weighted by molar-refractivity contribution is 0.0687. The Bertz CT molecular complexity index is 1390. The molecule has 8 heteroatoms. The minimum Gasteiger partial charge on any atom is -0.477 e. The molecule has 8 nitrogen and oxygen atoms in total. The number of nitrogens with one attached hydrogen (secondary N) is 2. The fraction of sp³-hybridized carbons (Fsp3) is 0.0435. The van der Waals surface area contributed by atoms with Crippen LogP contribution in [0.5, 0.6) is 0 Å². The number of anilines is 2. The number of carbonyl (C=O) groups is 1. The van der Waals surface area contributed by atoms with E-state index in [4.69, 9.17) is 0 Å². The molecule has 3 heterocycles. The van der Waals surface area contributed by atoms with Crippen molar-refractivity contribution >= 4 is 28.4 Å². The summed E-state index contributed by atoms with van der Waals surface area (Å²) in [6.45, 7) is 0. The van der Waals surface area contributed by atoms with Crippen molar-refractivity contribution in [3.63, 3.8) is 0 Å². The standard InChI is InChI=1S/C23H18N6O2/c1-29-19-11-16(3-2-15(19)10-20(29)23(30)31)22-24-9-8-21(28-22)27-18-6-4-14(5-7-18)17-12-25-26-13-17/h2-13H,1H3,(H,25,26)(H,30,31)(H,24,27,28). The summed E-state index contributed by atoms with van der Waals surface area (Å²) in [7, 11) is 1.74. The van der Waals surface area contributed by atoms with Gasteiger partial charge in [0.1, 0.15) is 11.5 Å². The normalized spacial score (nSPS) is 11.0. The summed E-state index contributed by atoms with van der Waals surface area (Å²) < 4.78 is 1.66. The van der Waals surface area contributed by atoms with Gasteiger partial charge in [-0.2, -0.15) is 5.10 Å². The number of aromatic carboxylic acids is 1. The zero-order valence-electron chi connectivity index (χ0n) is 16.6. The number of hydrogen-bond acceptors (Lipinski definition) is 5. The van der Waals surface area contributed by atoms with Gasteiger partial charge in [-0.3, -0.25) is 5.10 Å². The minimum absolute atomic E-state index is 0.238. The van der Waals surface area contributed by atoms with Crippen LogP contribution < -0.4 is 5.32 Å². The number of benzene rings is 2. The first-order valence-corrected chi connectivity index (χ1v) is 9.61. The fourth-order valence-corrected chi connectivity index (χ4v) is 3.54. The van der Waals surface area contributed by atoms with E-state index in [-0.39, 0.29) is 5.69 Å². The lowest BCUT2D eigenvalue weighted by atomic mass is 10.1. The average molecular weight is 410 g/mol. The molecule has 152 valence electrons. The number of H-pyrrole nitrogens is 1. The number of aromatic amines is 1. The SMILES string of the molecule is Cn1c(C(=O)O)cc2ccc(-c3nccc(Nc4ccc(-c5cn[nH]c5)cc4)n3)cc21. The Morgan fingerprint density at radius 2 is 1.84 bits per heavy atom. The number of carboxylic acids is 1. The van der Waals surface area contributed by atoms with Gasteiger partial charge in [0.25, 0.3) is 0 Å². The average Bonchev–Trinajstić information content (AvgIpc) is 3.43. The fourth-order valence-electron chi connectivity index (χ4n) is 3.54. The molecule has 5 rings (SSSR count). The molecular formula is C23H18N6O2. The molecule has 0 amide bonds. The summed E-state index contributed by atoms with van der Waals surface area (Å²) in [6.07, 6.45) is 5.33. The summed E-state index contributed by atoms with van der Waals surface area (Å²) in [4.78, 5) is 20.4. The molecule has 31 heavy (non-hydrogen) atoms. The van der Waals surface area contributed by atoms with Crippen LogP contribution in [0, 0.1) is 0 Å². The van der Waals surface area contributed by atoms with Crippen LogP contribution in [0.3, 0.4) is 0 Å². The van der Waals surface area contributed by atoms with E-state index in [1.807, 2.05) is 48.7 Å². The molecule has 0 aliphatic carbocycles. The summed E-state index contributed by atoms with van der Waals surface area (Å²) in [6, 6.07) is 17.1. The second-order valence-corrected chi connectivity index (χ2v) is 7.12. The van der Waals surface area contributed by atoms with Crippen LogP contribution in [0.25, 0.3) is 33.4 Å². The molecule has 2 aromatic carbocycles. The molecule has 3 N–H and O–H groups in total. The highest BCUT2D eigenvalue weighted by Gasteiger charge is 2.13. The molecule has 0 atom stereocenters. The van der Waals surface area contributed by atoms with Crippen molar-refractivity contribution in [1.29, 1.82) is 0 Å². The Labute approximate surface area is 177 Å². The van der Waals surface area contributed by atoms with Crippen LogP contribution in [0.4, 0.5) is 11.5 Å². The lowest BCUT2D eigenvalue weighted by Gasteiger charge is -2.08. The smallest absolute Gasteiger partial charge is 0.352 e. The maximum atomic E-state index is 11.4. The van der Waals surface area contributed by atoms with E-state index in [2.05, 4.69) is 25.5 Å². The quantitative estimate of drug-likeness (QED) is 0.395. The van der Waals surface area contributed by atoms with E-state index in [1.54, 1.807) is 36.1 Å². The van der Waals surface area contributed by atoms with Gasteiger partial charge in [-0.05, 0) is 35.9 Å². The van der Waals surface area contributed by atoms with E-state index in [9.17, 15) is 9.90 Å². The van der Waals surface area contributed by atoms with Gasteiger partial charge in [0, 0.05) is 47.2 Å². The molecule has 0 unspecified atom stereocenters. The molecule has 0 spiro atoms. The predicted molar refractivity (Wildman–Crippen MR) is 118 cm³/mol. The minimum atomic E-state index is -0.957. The number of aryl methyl sites for hydroxylation is 1. The number of hydrogen-bond donors (Lipinski definition) is 3. The first-order chi connectivity index (χ1) is 15.1. The van der Waals surface area contributed by atoms with Gasteiger partial charge in [0.05, 0.1) is 6.20 Å². The zero-order valence-corrected chi connectivity index (χ0v) is 16.6. The second-order valence-electron chi connectivity index (χ2n) is 7.12. The van der Waals surface area contributed by atoms with E-state index < -0.39 is 5.97 Å². The highest BCUT2D eigenvalue weighted by molar-refractivity contribution is 5.95.